The topological polar surface area (TPSA) is 66.8 Å². The molecule has 0 aliphatic carbocycles. The van der Waals surface area contributed by atoms with Crippen molar-refractivity contribution in [2.45, 2.75) is 13.0 Å². The molecule has 23 heavy (non-hydrogen) atoms. The number of hydrogen-bond acceptors (Lipinski definition) is 4. The second kappa shape index (κ2) is 6.22. The number of aryl methyl sites for hydroxylation is 1. The summed E-state index contributed by atoms with van der Waals surface area (Å²) in [4.78, 5) is 25.5. The average Bonchev–Trinajstić information content (AvgIpc) is 2.80. The summed E-state index contributed by atoms with van der Waals surface area (Å²) in [5.74, 6) is -0.0741. The fourth-order valence-electron chi connectivity index (χ4n) is 2.57. The molecule has 2 amide bonds. The first-order valence-electron chi connectivity index (χ1n) is 7.39. The third-order valence-corrected chi connectivity index (χ3v) is 3.80. The Balaban J connectivity index is 1.63. The molecule has 1 aliphatic heterocycles. The SMILES string of the molecule is Cc1ccccc1OC[C@H](O)CN1C(=O)c2ccccc2C1=O. The van der Waals surface area contributed by atoms with E-state index in [9.17, 15) is 14.7 Å². The largest absolute Gasteiger partial charge is 0.491 e. The normalized spacial score (nSPS) is 14.8. The van der Waals surface area contributed by atoms with Gasteiger partial charge < -0.3 is 9.84 Å². The van der Waals surface area contributed by atoms with E-state index < -0.39 is 6.10 Å². The van der Waals surface area contributed by atoms with Gasteiger partial charge in [0.05, 0.1) is 17.7 Å². The Bertz CT molecular complexity index is 721. The first-order valence-corrected chi connectivity index (χ1v) is 7.39. The van der Waals surface area contributed by atoms with Gasteiger partial charge in [-0.1, -0.05) is 30.3 Å². The third-order valence-electron chi connectivity index (χ3n) is 3.80. The lowest BCUT2D eigenvalue weighted by molar-refractivity contribution is 0.0456. The number of fused-ring (bicyclic) bond motifs is 1. The monoisotopic (exact) mass is 311 g/mol. The molecule has 3 rings (SSSR count). The van der Waals surface area contributed by atoms with Crippen LogP contribution in [0.2, 0.25) is 0 Å². The lowest BCUT2D eigenvalue weighted by Gasteiger charge is -2.19. The van der Waals surface area contributed by atoms with Crippen LogP contribution in [0, 0.1) is 6.92 Å². The van der Waals surface area contributed by atoms with E-state index in [1.165, 1.54) is 0 Å². The Morgan fingerprint density at radius 1 is 1.00 bits per heavy atom. The number of ether oxygens (including phenoxy) is 1. The van der Waals surface area contributed by atoms with Gasteiger partial charge in [0.1, 0.15) is 18.5 Å². The van der Waals surface area contributed by atoms with Gasteiger partial charge in [-0.25, -0.2) is 0 Å². The molecule has 0 fully saturated rings. The third kappa shape index (κ3) is 2.96. The van der Waals surface area contributed by atoms with Crippen molar-refractivity contribution >= 4 is 11.8 Å². The standard InChI is InChI=1S/C18H17NO4/c1-12-6-2-5-9-16(12)23-11-13(20)10-19-17(21)14-7-3-4-8-15(14)18(19)22/h2-9,13,20H,10-11H2,1H3/t13-/m1/s1. The summed E-state index contributed by atoms with van der Waals surface area (Å²) in [7, 11) is 0. The molecule has 5 heteroatoms. The minimum Gasteiger partial charge on any atom is -0.491 e. The van der Waals surface area contributed by atoms with Gasteiger partial charge in [0, 0.05) is 0 Å². The molecule has 5 nitrogen and oxygen atoms in total. The fourth-order valence-corrected chi connectivity index (χ4v) is 2.57. The van der Waals surface area contributed by atoms with Gasteiger partial charge in [-0.15, -0.1) is 0 Å². The Morgan fingerprint density at radius 3 is 2.17 bits per heavy atom. The summed E-state index contributed by atoms with van der Waals surface area (Å²) >= 11 is 0. The molecule has 2 aromatic rings. The van der Waals surface area contributed by atoms with Gasteiger partial charge in [0.25, 0.3) is 11.8 Å². The Labute approximate surface area is 134 Å². The van der Waals surface area contributed by atoms with E-state index in [1.54, 1.807) is 24.3 Å². The predicted octanol–water partition coefficient (Wildman–Crippen LogP) is 2.03. The van der Waals surface area contributed by atoms with E-state index in [-0.39, 0.29) is 25.0 Å². The lowest BCUT2D eigenvalue weighted by atomic mass is 10.1. The molecule has 2 aromatic carbocycles. The van der Waals surface area contributed by atoms with Crippen LogP contribution in [0.4, 0.5) is 0 Å². The van der Waals surface area contributed by atoms with Crippen LogP contribution in [0.25, 0.3) is 0 Å². The number of aliphatic hydroxyl groups excluding tert-OH is 1. The Morgan fingerprint density at radius 2 is 1.57 bits per heavy atom. The predicted molar refractivity (Wildman–Crippen MR) is 84.5 cm³/mol. The highest BCUT2D eigenvalue weighted by Gasteiger charge is 2.36. The van der Waals surface area contributed by atoms with Crippen LogP contribution in [-0.2, 0) is 0 Å². The van der Waals surface area contributed by atoms with Gasteiger partial charge in [0.15, 0.2) is 0 Å². The maximum absolute atomic E-state index is 12.2. The molecular weight excluding hydrogens is 294 g/mol. The summed E-state index contributed by atoms with van der Waals surface area (Å²) in [5, 5.41) is 10.1. The molecule has 0 aromatic heterocycles. The molecule has 0 unspecified atom stereocenters. The summed E-state index contributed by atoms with van der Waals surface area (Å²) in [6.45, 7) is 1.84. The highest BCUT2D eigenvalue weighted by Crippen LogP contribution is 2.23. The van der Waals surface area contributed by atoms with Crippen molar-refractivity contribution < 1.29 is 19.4 Å². The number of carbonyl (C=O) groups is 2. The van der Waals surface area contributed by atoms with E-state index >= 15 is 0 Å². The number of hydrogen-bond donors (Lipinski definition) is 1. The Hall–Kier alpha value is -2.66. The number of carbonyl (C=O) groups excluding carboxylic acids is 2. The van der Waals surface area contributed by atoms with Crippen LogP contribution < -0.4 is 4.74 Å². The van der Waals surface area contributed by atoms with Gasteiger partial charge in [0.2, 0.25) is 0 Å². The maximum Gasteiger partial charge on any atom is 0.261 e. The average molecular weight is 311 g/mol. The second-order valence-corrected chi connectivity index (χ2v) is 5.50. The van der Waals surface area contributed by atoms with E-state index in [1.807, 2.05) is 31.2 Å². The molecule has 1 aliphatic rings. The minimum absolute atomic E-state index is 0.0122. The molecule has 1 heterocycles. The number of benzene rings is 2. The minimum atomic E-state index is -0.947. The van der Waals surface area contributed by atoms with Crippen molar-refractivity contribution in [3.8, 4) is 5.75 Å². The van der Waals surface area contributed by atoms with Crippen LogP contribution >= 0.6 is 0 Å². The highest BCUT2D eigenvalue weighted by molar-refractivity contribution is 6.21. The van der Waals surface area contributed by atoms with Crippen LogP contribution in [0.3, 0.4) is 0 Å². The smallest absolute Gasteiger partial charge is 0.261 e. The van der Waals surface area contributed by atoms with Gasteiger partial charge in [-0.05, 0) is 30.7 Å². The zero-order chi connectivity index (χ0) is 16.4. The number of para-hydroxylation sites is 1. The summed E-state index contributed by atoms with van der Waals surface area (Å²) in [6.07, 6.45) is -0.947. The van der Waals surface area contributed by atoms with Crippen LogP contribution in [0.5, 0.6) is 5.75 Å². The zero-order valence-electron chi connectivity index (χ0n) is 12.7. The Kier molecular flexibility index (Phi) is 4.12. The van der Waals surface area contributed by atoms with Gasteiger partial charge in [-0.2, -0.15) is 0 Å². The van der Waals surface area contributed by atoms with Crippen LogP contribution in [-0.4, -0.2) is 41.1 Å². The molecule has 0 spiro atoms. The molecule has 118 valence electrons. The van der Waals surface area contributed by atoms with Gasteiger partial charge >= 0.3 is 0 Å². The highest BCUT2D eigenvalue weighted by atomic mass is 16.5. The number of rotatable bonds is 5. The van der Waals surface area contributed by atoms with Crippen molar-refractivity contribution in [1.29, 1.82) is 0 Å². The zero-order valence-corrected chi connectivity index (χ0v) is 12.7. The van der Waals surface area contributed by atoms with E-state index in [2.05, 4.69) is 0 Å². The quantitative estimate of drug-likeness (QED) is 0.858. The van der Waals surface area contributed by atoms with Crippen molar-refractivity contribution in [3.05, 3.63) is 65.2 Å². The lowest BCUT2D eigenvalue weighted by Crippen LogP contribution is -2.39. The molecule has 0 saturated carbocycles. The van der Waals surface area contributed by atoms with Crippen molar-refractivity contribution in [2.24, 2.45) is 0 Å². The first kappa shape index (κ1) is 15.2. The molecule has 1 N–H and O–H groups in total. The van der Waals surface area contributed by atoms with Crippen molar-refractivity contribution in [2.75, 3.05) is 13.2 Å². The summed E-state index contributed by atoms with van der Waals surface area (Å²) < 4.78 is 5.56. The first-order chi connectivity index (χ1) is 11.1. The number of nitrogens with zero attached hydrogens (tertiary/aromatic N) is 1. The van der Waals surface area contributed by atoms with E-state index in [0.717, 1.165) is 10.5 Å². The van der Waals surface area contributed by atoms with Crippen molar-refractivity contribution in [1.82, 2.24) is 4.90 Å². The molecule has 0 bridgehead atoms. The van der Waals surface area contributed by atoms with Crippen molar-refractivity contribution in [3.63, 3.8) is 0 Å². The number of β-amino-alcohol motifs (C(OH)–C–C–N with tert-alkyl or cyclic N) is 1. The van der Waals surface area contributed by atoms with Gasteiger partial charge in [-0.3, -0.25) is 14.5 Å². The van der Waals surface area contributed by atoms with E-state index in [4.69, 9.17) is 4.74 Å². The number of aliphatic hydroxyl groups is 1. The molecule has 0 saturated heterocycles. The second-order valence-electron chi connectivity index (χ2n) is 5.50. The fraction of sp³-hybridized carbons (Fsp3) is 0.222. The summed E-state index contributed by atoms with van der Waals surface area (Å²) in [6, 6.07) is 14.1. The molecule has 0 radical (unpaired) electrons. The number of amides is 2. The summed E-state index contributed by atoms with van der Waals surface area (Å²) in [5.41, 5.74) is 1.72. The molecule has 1 atom stereocenters. The van der Waals surface area contributed by atoms with Crippen LogP contribution in [0.1, 0.15) is 26.3 Å². The maximum atomic E-state index is 12.2. The number of imide groups is 1. The van der Waals surface area contributed by atoms with E-state index in [0.29, 0.717) is 16.9 Å². The van der Waals surface area contributed by atoms with Crippen LogP contribution in [0.15, 0.2) is 48.5 Å². The molecular formula is C18H17NO4.